The van der Waals surface area contributed by atoms with Gasteiger partial charge < -0.3 is 9.47 Å². The summed E-state index contributed by atoms with van der Waals surface area (Å²) in [4.78, 5) is 12.0. The molecule has 0 heterocycles. The third kappa shape index (κ3) is 9.83. The van der Waals surface area contributed by atoms with E-state index in [-0.39, 0.29) is 10.6 Å². The monoisotopic (exact) mass is 462 g/mol. The number of esters is 1. The van der Waals surface area contributed by atoms with Gasteiger partial charge in [0.2, 0.25) is 0 Å². The summed E-state index contributed by atoms with van der Waals surface area (Å²) >= 11 is 0. The van der Waals surface area contributed by atoms with Crippen LogP contribution in [0.2, 0.25) is 0 Å². The van der Waals surface area contributed by atoms with Gasteiger partial charge >= 0.3 is 5.97 Å². The van der Waals surface area contributed by atoms with Crippen LogP contribution in [0.5, 0.6) is 11.5 Å². The van der Waals surface area contributed by atoms with Crippen molar-refractivity contribution in [3.05, 3.63) is 54.1 Å². The highest BCUT2D eigenvalue weighted by atomic mass is 32.2. The minimum Gasteiger partial charge on any atom is -0.494 e. The number of ether oxygens (including phenoxy) is 2. The predicted octanol–water partition coefficient (Wildman–Crippen LogP) is 6.45. The van der Waals surface area contributed by atoms with Crippen LogP contribution in [0.25, 0.3) is 0 Å². The molecule has 0 radical (unpaired) electrons. The second-order valence-corrected chi connectivity index (χ2v) is 9.31. The van der Waals surface area contributed by atoms with Crippen LogP contribution in [-0.4, -0.2) is 25.5 Å². The van der Waals surface area contributed by atoms with Gasteiger partial charge in [0.15, 0.2) is 0 Å². The molecule has 0 unspecified atom stereocenters. The first-order chi connectivity index (χ1) is 15.4. The first-order valence-corrected chi connectivity index (χ1v) is 12.9. The normalized spacial score (nSPS) is 11.3. The lowest BCUT2D eigenvalue weighted by Gasteiger charge is -2.08. The molecule has 0 spiro atoms. The van der Waals surface area contributed by atoms with Gasteiger partial charge in [-0.1, -0.05) is 64.7 Å². The lowest BCUT2D eigenvalue weighted by molar-refractivity contribution is 0.0734. The number of hydrogen-bond donors (Lipinski definition) is 1. The van der Waals surface area contributed by atoms with Crippen LogP contribution >= 0.6 is 0 Å². The van der Waals surface area contributed by atoms with E-state index in [0.717, 1.165) is 12.8 Å². The molecule has 176 valence electrons. The fraction of sp³-hybridized carbons (Fsp3) is 0.480. The molecule has 0 aliphatic carbocycles. The number of hydrogen-bond acceptors (Lipinski definition) is 5. The minimum absolute atomic E-state index is 0.184. The molecule has 0 saturated heterocycles. The van der Waals surface area contributed by atoms with Gasteiger partial charge in [-0.15, -0.1) is 0 Å². The summed E-state index contributed by atoms with van der Waals surface area (Å²) in [6.07, 6.45) is 12.8. The molecule has 0 aliphatic rings. The number of rotatable bonds is 15. The van der Waals surface area contributed by atoms with Gasteiger partial charge in [-0.25, -0.2) is 4.79 Å². The maximum absolute atomic E-state index is 12.2. The van der Waals surface area contributed by atoms with E-state index in [1.807, 2.05) is 0 Å². The van der Waals surface area contributed by atoms with Crippen LogP contribution < -0.4 is 9.47 Å². The Morgan fingerprint density at radius 1 is 0.750 bits per heavy atom. The highest BCUT2D eigenvalue weighted by Crippen LogP contribution is 2.19. The second kappa shape index (κ2) is 13.9. The van der Waals surface area contributed by atoms with Crippen LogP contribution in [0.4, 0.5) is 0 Å². The van der Waals surface area contributed by atoms with Crippen LogP contribution in [0.3, 0.4) is 0 Å². The van der Waals surface area contributed by atoms with E-state index in [9.17, 15) is 13.2 Å². The highest BCUT2D eigenvalue weighted by Gasteiger charge is 2.12. The van der Waals surface area contributed by atoms with Gasteiger partial charge in [0.1, 0.15) is 11.5 Å². The van der Waals surface area contributed by atoms with E-state index < -0.39 is 16.1 Å². The molecular formula is C25H34O6S. The molecule has 0 amide bonds. The Bertz CT molecular complexity index is 904. The Hall–Kier alpha value is -2.38. The van der Waals surface area contributed by atoms with Crippen molar-refractivity contribution >= 4 is 16.1 Å². The van der Waals surface area contributed by atoms with Crippen molar-refractivity contribution in [2.24, 2.45) is 0 Å². The molecule has 32 heavy (non-hydrogen) atoms. The Labute approximate surface area is 191 Å². The Morgan fingerprint density at radius 2 is 1.25 bits per heavy atom. The summed E-state index contributed by atoms with van der Waals surface area (Å²) in [5, 5.41) is 0. The number of unbranched alkanes of at least 4 members (excludes halogenated alkanes) is 9. The summed E-state index contributed by atoms with van der Waals surface area (Å²) in [6.45, 7) is 2.89. The zero-order chi connectivity index (χ0) is 23.2. The molecule has 0 aromatic heterocycles. The Balaban J connectivity index is 1.64. The number of carbonyl (C=O) groups excluding carboxylic acids is 1. The lowest BCUT2D eigenvalue weighted by Crippen LogP contribution is -2.08. The molecule has 0 fully saturated rings. The van der Waals surface area contributed by atoms with E-state index in [1.54, 1.807) is 24.3 Å². The molecule has 0 bridgehead atoms. The van der Waals surface area contributed by atoms with Gasteiger partial charge in [-0.3, -0.25) is 4.55 Å². The third-order valence-corrected chi connectivity index (χ3v) is 6.06. The minimum atomic E-state index is -4.28. The van der Waals surface area contributed by atoms with Crippen LogP contribution in [0.15, 0.2) is 53.4 Å². The van der Waals surface area contributed by atoms with E-state index in [1.165, 1.54) is 75.6 Å². The first-order valence-electron chi connectivity index (χ1n) is 11.4. The standard InChI is InChI=1S/C25H34O6S/c1-2-3-4-5-6-7-8-9-10-11-20-30-22-14-12-21(13-15-22)25(26)31-23-16-18-24(19-17-23)32(27,28)29/h12-19H,2-11,20H2,1H3,(H,27,28,29). The van der Waals surface area contributed by atoms with E-state index in [2.05, 4.69) is 6.92 Å². The van der Waals surface area contributed by atoms with Crippen LogP contribution in [0.1, 0.15) is 81.5 Å². The van der Waals surface area contributed by atoms with E-state index >= 15 is 0 Å². The van der Waals surface area contributed by atoms with Crippen molar-refractivity contribution in [2.75, 3.05) is 6.61 Å². The van der Waals surface area contributed by atoms with Crippen LogP contribution in [0, 0.1) is 0 Å². The van der Waals surface area contributed by atoms with Gasteiger partial charge in [0.05, 0.1) is 17.1 Å². The molecule has 6 nitrogen and oxygen atoms in total. The van der Waals surface area contributed by atoms with Gasteiger partial charge in [0.25, 0.3) is 10.1 Å². The van der Waals surface area contributed by atoms with Gasteiger partial charge in [-0.05, 0) is 55.0 Å². The summed E-state index contributed by atoms with van der Waals surface area (Å²) < 4.78 is 42.0. The molecule has 2 rings (SSSR count). The first kappa shape index (κ1) is 25.9. The Kier molecular flexibility index (Phi) is 11.2. The number of benzene rings is 2. The zero-order valence-electron chi connectivity index (χ0n) is 18.8. The van der Waals surface area contributed by atoms with E-state index in [0.29, 0.717) is 17.9 Å². The van der Waals surface area contributed by atoms with Crippen molar-refractivity contribution in [1.82, 2.24) is 0 Å². The van der Waals surface area contributed by atoms with Gasteiger partial charge in [0, 0.05) is 0 Å². The van der Waals surface area contributed by atoms with Crippen molar-refractivity contribution in [3.63, 3.8) is 0 Å². The molecular weight excluding hydrogens is 428 g/mol. The topological polar surface area (TPSA) is 89.9 Å². The SMILES string of the molecule is CCCCCCCCCCCCOc1ccc(C(=O)Oc2ccc(S(=O)(=O)O)cc2)cc1. The summed E-state index contributed by atoms with van der Waals surface area (Å²) in [6, 6.07) is 11.7. The fourth-order valence-electron chi connectivity index (χ4n) is 3.31. The Morgan fingerprint density at radius 3 is 1.78 bits per heavy atom. The zero-order valence-corrected chi connectivity index (χ0v) is 19.6. The van der Waals surface area contributed by atoms with Crippen molar-refractivity contribution in [3.8, 4) is 11.5 Å². The number of carbonyl (C=O) groups is 1. The van der Waals surface area contributed by atoms with Crippen LogP contribution in [-0.2, 0) is 10.1 Å². The van der Waals surface area contributed by atoms with Crippen molar-refractivity contribution < 1.29 is 27.2 Å². The average molecular weight is 463 g/mol. The molecule has 1 N–H and O–H groups in total. The molecule has 2 aromatic carbocycles. The van der Waals surface area contributed by atoms with Gasteiger partial charge in [-0.2, -0.15) is 8.42 Å². The third-order valence-electron chi connectivity index (χ3n) is 5.19. The van der Waals surface area contributed by atoms with Crippen molar-refractivity contribution in [2.45, 2.75) is 76.0 Å². The summed E-state index contributed by atoms with van der Waals surface area (Å²) in [5.74, 6) is 0.324. The lowest BCUT2D eigenvalue weighted by atomic mass is 10.1. The van der Waals surface area contributed by atoms with Crippen molar-refractivity contribution in [1.29, 1.82) is 0 Å². The maximum Gasteiger partial charge on any atom is 0.343 e. The second-order valence-electron chi connectivity index (χ2n) is 7.89. The largest absolute Gasteiger partial charge is 0.494 e. The maximum atomic E-state index is 12.2. The fourth-order valence-corrected chi connectivity index (χ4v) is 3.79. The molecule has 2 aromatic rings. The smallest absolute Gasteiger partial charge is 0.343 e. The van der Waals surface area contributed by atoms with E-state index in [4.69, 9.17) is 14.0 Å². The summed E-state index contributed by atoms with van der Waals surface area (Å²) in [5.41, 5.74) is 0.357. The average Bonchev–Trinajstić information content (AvgIpc) is 2.77. The quantitative estimate of drug-likeness (QED) is 0.141. The highest BCUT2D eigenvalue weighted by molar-refractivity contribution is 7.85. The summed E-state index contributed by atoms with van der Waals surface area (Å²) in [7, 11) is -4.28. The predicted molar refractivity (Wildman–Crippen MR) is 125 cm³/mol. The molecule has 0 atom stereocenters. The molecule has 7 heteroatoms. The molecule has 0 aliphatic heterocycles. The molecule has 0 saturated carbocycles.